The first-order valence-corrected chi connectivity index (χ1v) is 8.52. The van der Waals surface area contributed by atoms with Gasteiger partial charge in [-0.1, -0.05) is 12.1 Å². The molecule has 0 saturated carbocycles. The highest BCUT2D eigenvalue weighted by Crippen LogP contribution is 2.28. The molecule has 0 spiro atoms. The highest BCUT2D eigenvalue weighted by molar-refractivity contribution is 9.10. The molecule has 8 heteroatoms. The van der Waals surface area contributed by atoms with Crippen LogP contribution in [0.25, 0.3) is 0 Å². The van der Waals surface area contributed by atoms with Gasteiger partial charge in [-0.3, -0.25) is 14.9 Å². The van der Waals surface area contributed by atoms with Gasteiger partial charge in [0, 0.05) is 29.7 Å². The third-order valence-corrected chi connectivity index (χ3v) is 4.60. The fraction of sp³-hybridized carbons (Fsp3) is 0.235. The number of halogens is 1. The van der Waals surface area contributed by atoms with E-state index < -0.39 is 10.8 Å². The van der Waals surface area contributed by atoms with Crippen LogP contribution in [0.3, 0.4) is 0 Å². The van der Waals surface area contributed by atoms with Crippen LogP contribution in [0.2, 0.25) is 0 Å². The number of nitro groups is 1. The highest BCUT2D eigenvalue weighted by atomic mass is 79.9. The summed E-state index contributed by atoms with van der Waals surface area (Å²) in [6.45, 7) is 2.38. The number of amides is 1. The fourth-order valence-corrected chi connectivity index (χ4v) is 3.04. The number of anilines is 2. The standard InChI is InChI=1S/C17H16BrN3O4/c18-14-3-1-2-4-15(14)19-17(22)13-11-12(21(23)24)5-6-16(13)20-7-9-25-10-8-20/h1-6,11H,7-10H2,(H,19,22). The lowest BCUT2D eigenvalue weighted by molar-refractivity contribution is -0.384. The molecule has 1 heterocycles. The van der Waals surface area contributed by atoms with Crippen LogP contribution in [0.5, 0.6) is 0 Å². The number of nitro benzene ring substituents is 1. The second-order valence-corrected chi connectivity index (χ2v) is 6.35. The lowest BCUT2D eigenvalue weighted by Gasteiger charge is -2.30. The van der Waals surface area contributed by atoms with Gasteiger partial charge in [0.1, 0.15) is 0 Å². The van der Waals surface area contributed by atoms with Gasteiger partial charge < -0.3 is 15.0 Å². The number of carbonyl (C=O) groups excluding carboxylic acids is 1. The number of benzene rings is 2. The van der Waals surface area contributed by atoms with Gasteiger partial charge in [0.05, 0.1) is 35.1 Å². The maximum atomic E-state index is 12.8. The van der Waals surface area contributed by atoms with Gasteiger partial charge >= 0.3 is 0 Å². The SMILES string of the molecule is O=C(Nc1ccccc1Br)c1cc([N+](=O)[O-])ccc1N1CCOCC1. The fourth-order valence-electron chi connectivity index (χ4n) is 2.65. The van der Waals surface area contributed by atoms with Gasteiger partial charge in [0.2, 0.25) is 0 Å². The molecular weight excluding hydrogens is 390 g/mol. The van der Waals surface area contributed by atoms with E-state index in [1.54, 1.807) is 18.2 Å². The summed E-state index contributed by atoms with van der Waals surface area (Å²) in [6, 6.07) is 11.6. The number of para-hydroxylation sites is 1. The largest absolute Gasteiger partial charge is 0.378 e. The summed E-state index contributed by atoms with van der Waals surface area (Å²) < 4.78 is 6.08. The maximum Gasteiger partial charge on any atom is 0.270 e. The van der Waals surface area contributed by atoms with Crippen molar-refractivity contribution in [2.45, 2.75) is 0 Å². The first-order valence-electron chi connectivity index (χ1n) is 7.73. The number of carbonyl (C=O) groups is 1. The Labute approximate surface area is 152 Å². The predicted molar refractivity (Wildman–Crippen MR) is 98.2 cm³/mol. The number of nitrogens with zero attached hydrogens (tertiary/aromatic N) is 2. The molecule has 25 heavy (non-hydrogen) atoms. The molecule has 3 rings (SSSR count). The van der Waals surface area contributed by atoms with E-state index in [4.69, 9.17) is 4.74 Å². The normalized spacial score (nSPS) is 14.2. The molecule has 0 bridgehead atoms. The third kappa shape index (κ3) is 3.97. The zero-order valence-electron chi connectivity index (χ0n) is 13.3. The molecule has 1 aliphatic heterocycles. The zero-order chi connectivity index (χ0) is 17.8. The van der Waals surface area contributed by atoms with Crippen molar-refractivity contribution in [3.8, 4) is 0 Å². The van der Waals surface area contributed by atoms with E-state index >= 15 is 0 Å². The molecule has 0 radical (unpaired) electrons. The molecule has 1 fully saturated rings. The molecule has 0 unspecified atom stereocenters. The number of rotatable bonds is 4. The summed E-state index contributed by atoms with van der Waals surface area (Å²) in [4.78, 5) is 25.4. The van der Waals surface area contributed by atoms with Crippen LogP contribution in [0.1, 0.15) is 10.4 Å². The Balaban J connectivity index is 1.96. The molecule has 2 aromatic carbocycles. The first-order chi connectivity index (χ1) is 12.1. The van der Waals surface area contributed by atoms with Gasteiger partial charge in [-0.2, -0.15) is 0 Å². The number of hydrogen-bond acceptors (Lipinski definition) is 5. The Morgan fingerprint density at radius 3 is 2.60 bits per heavy atom. The van der Waals surface area contributed by atoms with Crippen LogP contribution in [-0.4, -0.2) is 37.1 Å². The molecule has 7 nitrogen and oxygen atoms in total. The van der Waals surface area contributed by atoms with E-state index in [1.165, 1.54) is 12.1 Å². The van der Waals surface area contributed by atoms with Gasteiger partial charge in [0.15, 0.2) is 0 Å². The summed E-state index contributed by atoms with van der Waals surface area (Å²) >= 11 is 3.38. The molecule has 1 aliphatic rings. The maximum absolute atomic E-state index is 12.8. The Kier molecular flexibility index (Phi) is 5.30. The number of morpholine rings is 1. The molecule has 1 amide bonds. The van der Waals surface area contributed by atoms with Gasteiger partial charge in [-0.05, 0) is 34.1 Å². The minimum Gasteiger partial charge on any atom is -0.378 e. The predicted octanol–water partition coefficient (Wildman–Crippen LogP) is 3.45. The molecule has 1 saturated heterocycles. The monoisotopic (exact) mass is 405 g/mol. The van der Waals surface area contributed by atoms with Crippen molar-refractivity contribution in [2.24, 2.45) is 0 Å². The summed E-state index contributed by atoms with van der Waals surface area (Å²) in [5, 5.41) is 13.9. The minimum absolute atomic E-state index is 0.116. The molecule has 0 aromatic heterocycles. The minimum atomic E-state index is -0.502. The van der Waals surface area contributed by atoms with E-state index in [1.807, 2.05) is 17.0 Å². The average Bonchev–Trinajstić information content (AvgIpc) is 2.63. The van der Waals surface area contributed by atoms with Crippen molar-refractivity contribution in [2.75, 3.05) is 36.5 Å². The summed E-state index contributed by atoms with van der Waals surface area (Å²) in [6.07, 6.45) is 0. The highest BCUT2D eigenvalue weighted by Gasteiger charge is 2.22. The van der Waals surface area contributed by atoms with E-state index in [0.29, 0.717) is 37.7 Å². The van der Waals surface area contributed by atoms with Gasteiger partial charge in [-0.15, -0.1) is 0 Å². The number of nitrogens with one attached hydrogen (secondary N) is 1. The van der Waals surface area contributed by atoms with E-state index in [2.05, 4.69) is 21.2 Å². The second-order valence-electron chi connectivity index (χ2n) is 5.49. The number of ether oxygens (including phenoxy) is 1. The average molecular weight is 406 g/mol. The number of hydrogen-bond donors (Lipinski definition) is 1. The Morgan fingerprint density at radius 1 is 1.20 bits per heavy atom. The Bertz CT molecular complexity index is 806. The van der Waals surface area contributed by atoms with E-state index in [0.717, 1.165) is 4.47 Å². The van der Waals surface area contributed by atoms with Crippen LogP contribution < -0.4 is 10.2 Å². The summed E-state index contributed by atoms with van der Waals surface area (Å²) in [7, 11) is 0. The van der Waals surface area contributed by atoms with Crippen LogP contribution >= 0.6 is 15.9 Å². The van der Waals surface area contributed by atoms with Crippen LogP contribution in [0, 0.1) is 10.1 Å². The van der Waals surface area contributed by atoms with Crippen molar-refractivity contribution in [1.82, 2.24) is 0 Å². The van der Waals surface area contributed by atoms with Crippen LogP contribution in [-0.2, 0) is 4.74 Å². The lowest BCUT2D eigenvalue weighted by Crippen LogP contribution is -2.37. The molecule has 0 atom stereocenters. The first kappa shape index (κ1) is 17.4. The number of non-ortho nitro benzene ring substituents is 1. The lowest BCUT2D eigenvalue weighted by atomic mass is 10.1. The van der Waals surface area contributed by atoms with Gasteiger partial charge in [-0.25, -0.2) is 0 Å². The van der Waals surface area contributed by atoms with Crippen molar-refractivity contribution < 1.29 is 14.5 Å². The topological polar surface area (TPSA) is 84.7 Å². The molecule has 0 aliphatic carbocycles. The Hall–Kier alpha value is -2.45. The van der Waals surface area contributed by atoms with Crippen molar-refractivity contribution in [3.63, 3.8) is 0 Å². The van der Waals surface area contributed by atoms with Crippen molar-refractivity contribution in [3.05, 3.63) is 62.6 Å². The molecular formula is C17H16BrN3O4. The molecule has 130 valence electrons. The van der Waals surface area contributed by atoms with E-state index in [9.17, 15) is 14.9 Å². The third-order valence-electron chi connectivity index (χ3n) is 3.91. The second kappa shape index (κ2) is 7.62. The van der Waals surface area contributed by atoms with Crippen LogP contribution in [0.4, 0.5) is 17.1 Å². The smallest absolute Gasteiger partial charge is 0.270 e. The summed E-state index contributed by atoms with van der Waals surface area (Å²) in [5.74, 6) is -0.392. The Morgan fingerprint density at radius 2 is 1.92 bits per heavy atom. The van der Waals surface area contributed by atoms with Crippen molar-refractivity contribution in [1.29, 1.82) is 0 Å². The van der Waals surface area contributed by atoms with E-state index in [-0.39, 0.29) is 11.3 Å². The van der Waals surface area contributed by atoms with Gasteiger partial charge in [0.25, 0.3) is 11.6 Å². The van der Waals surface area contributed by atoms with Crippen LogP contribution in [0.15, 0.2) is 46.9 Å². The summed E-state index contributed by atoms with van der Waals surface area (Å²) in [5.41, 5.74) is 1.42. The molecule has 2 aromatic rings. The quantitative estimate of drug-likeness (QED) is 0.621. The van der Waals surface area contributed by atoms with Crippen molar-refractivity contribution >= 4 is 38.9 Å². The zero-order valence-corrected chi connectivity index (χ0v) is 14.9. The molecule has 1 N–H and O–H groups in total.